The molecule has 2 aromatic carbocycles. The van der Waals surface area contributed by atoms with Crippen LogP contribution in [0.5, 0.6) is 23.0 Å². The molecule has 2 N–H and O–H groups in total. The predicted molar refractivity (Wildman–Crippen MR) is 99.3 cm³/mol. The van der Waals surface area contributed by atoms with Crippen molar-refractivity contribution in [2.75, 3.05) is 21.3 Å². The van der Waals surface area contributed by atoms with Gasteiger partial charge in [0.05, 0.1) is 32.6 Å². The molecular weight excluding hydrogens is 383 g/mol. The molecule has 0 aliphatic rings. The highest BCUT2D eigenvalue weighted by Gasteiger charge is 2.15. The molecule has 9 heteroatoms. The van der Waals surface area contributed by atoms with Gasteiger partial charge in [-0.25, -0.2) is 5.43 Å². The summed E-state index contributed by atoms with van der Waals surface area (Å²) in [5, 5.41) is 14.5. The van der Waals surface area contributed by atoms with Gasteiger partial charge in [-0.1, -0.05) is 23.2 Å². The van der Waals surface area contributed by atoms with E-state index in [0.717, 1.165) is 0 Å². The number of amides is 1. The van der Waals surface area contributed by atoms with E-state index in [1.807, 2.05) is 0 Å². The van der Waals surface area contributed by atoms with Crippen LogP contribution < -0.4 is 19.6 Å². The van der Waals surface area contributed by atoms with Crippen LogP contribution in [0.3, 0.4) is 0 Å². The van der Waals surface area contributed by atoms with Crippen molar-refractivity contribution in [1.82, 2.24) is 5.43 Å². The molecule has 2 rings (SSSR count). The number of hydrazone groups is 1. The van der Waals surface area contributed by atoms with Crippen LogP contribution >= 0.6 is 23.2 Å². The second-order valence-corrected chi connectivity index (χ2v) is 5.78. The summed E-state index contributed by atoms with van der Waals surface area (Å²) in [6, 6.07) is 5.85. The van der Waals surface area contributed by atoms with Crippen LogP contribution in [0.25, 0.3) is 0 Å². The first-order chi connectivity index (χ1) is 12.4. The molecule has 0 radical (unpaired) electrons. The van der Waals surface area contributed by atoms with Gasteiger partial charge in [-0.3, -0.25) is 4.79 Å². The summed E-state index contributed by atoms with van der Waals surface area (Å²) in [5.74, 6) is -0.163. The summed E-state index contributed by atoms with van der Waals surface area (Å²) in [7, 11) is 4.19. The maximum atomic E-state index is 12.3. The maximum absolute atomic E-state index is 12.3. The molecular formula is C17H16Cl2N2O5. The average Bonchev–Trinajstić information content (AvgIpc) is 2.61. The lowest BCUT2D eigenvalue weighted by Crippen LogP contribution is -2.18. The number of rotatable bonds is 6. The van der Waals surface area contributed by atoms with Crippen molar-refractivity contribution in [2.24, 2.45) is 5.10 Å². The molecule has 0 aliphatic heterocycles. The monoisotopic (exact) mass is 398 g/mol. The number of carbonyl (C=O) groups excluding carboxylic acids is 1. The lowest BCUT2D eigenvalue weighted by atomic mass is 10.1. The number of nitrogens with one attached hydrogen (secondary N) is 1. The maximum Gasteiger partial charge on any atom is 0.271 e. The second-order valence-electron chi connectivity index (χ2n) is 4.94. The van der Waals surface area contributed by atoms with Gasteiger partial charge in [-0.2, -0.15) is 5.10 Å². The molecule has 1 amide bonds. The Morgan fingerprint density at radius 1 is 1.08 bits per heavy atom. The fourth-order valence-corrected chi connectivity index (χ4v) is 2.73. The largest absolute Gasteiger partial charge is 0.502 e. The van der Waals surface area contributed by atoms with Crippen molar-refractivity contribution in [1.29, 1.82) is 0 Å². The van der Waals surface area contributed by atoms with Crippen LogP contribution in [0.1, 0.15) is 15.9 Å². The quantitative estimate of drug-likeness (QED) is 0.574. The third kappa shape index (κ3) is 4.30. The summed E-state index contributed by atoms with van der Waals surface area (Å²) in [5.41, 5.74) is 3.03. The van der Waals surface area contributed by atoms with Crippen LogP contribution in [0.15, 0.2) is 29.4 Å². The molecule has 0 bridgehead atoms. The molecule has 0 saturated carbocycles. The van der Waals surface area contributed by atoms with E-state index in [1.165, 1.54) is 45.7 Å². The van der Waals surface area contributed by atoms with Gasteiger partial charge in [0.1, 0.15) is 5.75 Å². The molecule has 26 heavy (non-hydrogen) atoms. The lowest BCUT2D eigenvalue weighted by molar-refractivity contribution is 0.0954. The SMILES string of the molecule is COc1cc(C(=O)NN=Cc2cc(Cl)cc(Cl)c2OC)cc(OC)c1O. The van der Waals surface area contributed by atoms with Crippen molar-refractivity contribution in [3.8, 4) is 23.0 Å². The zero-order valence-electron chi connectivity index (χ0n) is 14.2. The van der Waals surface area contributed by atoms with Gasteiger partial charge in [0.2, 0.25) is 5.75 Å². The number of hydrogen-bond acceptors (Lipinski definition) is 6. The Morgan fingerprint density at radius 2 is 1.69 bits per heavy atom. The van der Waals surface area contributed by atoms with E-state index in [2.05, 4.69) is 10.5 Å². The molecule has 7 nitrogen and oxygen atoms in total. The molecule has 0 fully saturated rings. The number of carbonyl (C=O) groups is 1. The van der Waals surface area contributed by atoms with Crippen LogP contribution in [0.2, 0.25) is 10.0 Å². The summed E-state index contributed by atoms with van der Waals surface area (Å²) >= 11 is 12.0. The summed E-state index contributed by atoms with van der Waals surface area (Å²) in [6.45, 7) is 0. The first-order valence-electron chi connectivity index (χ1n) is 7.22. The number of hydrogen-bond donors (Lipinski definition) is 2. The summed E-state index contributed by atoms with van der Waals surface area (Å²) in [6.07, 6.45) is 1.35. The lowest BCUT2D eigenvalue weighted by Gasteiger charge is -2.10. The standard InChI is InChI=1S/C17H16Cl2N2O5/c1-24-13-5-9(6-14(25-2)15(13)22)17(23)21-20-8-10-4-11(18)7-12(19)16(10)26-3/h4-8,22H,1-3H3,(H,21,23). The number of phenols is 1. The van der Waals surface area contributed by atoms with Crippen LogP contribution in [-0.2, 0) is 0 Å². The van der Waals surface area contributed by atoms with E-state index in [9.17, 15) is 9.90 Å². The minimum atomic E-state index is -0.537. The van der Waals surface area contributed by atoms with E-state index in [4.69, 9.17) is 37.4 Å². The van der Waals surface area contributed by atoms with Gasteiger partial charge < -0.3 is 19.3 Å². The Labute approximate surface area is 160 Å². The highest BCUT2D eigenvalue weighted by atomic mass is 35.5. The highest BCUT2D eigenvalue weighted by Crippen LogP contribution is 2.37. The van der Waals surface area contributed by atoms with Gasteiger partial charge in [0.25, 0.3) is 5.91 Å². The Kier molecular flexibility index (Phi) is 6.54. The molecule has 0 heterocycles. The minimum absolute atomic E-state index is 0.0989. The number of aromatic hydroxyl groups is 1. The second kappa shape index (κ2) is 8.64. The smallest absolute Gasteiger partial charge is 0.271 e. The first-order valence-corrected chi connectivity index (χ1v) is 7.98. The molecule has 138 valence electrons. The van der Waals surface area contributed by atoms with Gasteiger partial charge >= 0.3 is 0 Å². The summed E-state index contributed by atoms with van der Waals surface area (Å²) in [4.78, 5) is 12.3. The van der Waals surface area contributed by atoms with Crippen molar-refractivity contribution in [3.63, 3.8) is 0 Å². The predicted octanol–water partition coefficient (Wildman–Crippen LogP) is 3.49. The fourth-order valence-electron chi connectivity index (χ4n) is 2.14. The number of benzene rings is 2. The number of methoxy groups -OCH3 is 3. The van der Waals surface area contributed by atoms with Gasteiger partial charge in [0.15, 0.2) is 11.5 Å². The van der Waals surface area contributed by atoms with Crippen LogP contribution in [-0.4, -0.2) is 38.6 Å². The van der Waals surface area contributed by atoms with E-state index in [1.54, 1.807) is 6.07 Å². The Morgan fingerprint density at radius 3 is 2.23 bits per heavy atom. The molecule has 0 aromatic heterocycles. The number of halogens is 2. The van der Waals surface area contributed by atoms with E-state index in [0.29, 0.717) is 21.4 Å². The molecule has 0 atom stereocenters. The van der Waals surface area contributed by atoms with Gasteiger partial charge in [-0.15, -0.1) is 0 Å². The minimum Gasteiger partial charge on any atom is -0.502 e. The van der Waals surface area contributed by atoms with Crippen molar-refractivity contribution in [3.05, 3.63) is 45.4 Å². The number of nitrogens with zero attached hydrogens (tertiary/aromatic N) is 1. The third-order valence-electron chi connectivity index (χ3n) is 3.35. The number of ether oxygens (including phenoxy) is 3. The van der Waals surface area contributed by atoms with Crippen LogP contribution in [0.4, 0.5) is 0 Å². The fraction of sp³-hybridized carbons (Fsp3) is 0.176. The molecule has 0 spiro atoms. The van der Waals surface area contributed by atoms with Gasteiger partial charge in [-0.05, 0) is 24.3 Å². The molecule has 2 aromatic rings. The van der Waals surface area contributed by atoms with Crippen LogP contribution in [0, 0.1) is 0 Å². The van der Waals surface area contributed by atoms with Crippen molar-refractivity contribution in [2.45, 2.75) is 0 Å². The molecule has 0 saturated heterocycles. The molecule has 0 aliphatic carbocycles. The number of phenolic OH excluding ortho intramolecular Hbond substituents is 1. The third-order valence-corrected chi connectivity index (χ3v) is 3.85. The average molecular weight is 399 g/mol. The first kappa shape index (κ1) is 19.7. The topological polar surface area (TPSA) is 89.4 Å². The Balaban J connectivity index is 2.23. The van der Waals surface area contributed by atoms with Gasteiger partial charge in [0, 0.05) is 16.1 Å². The molecule has 0 unspecified atom stereocenters. The normalized spacial score (nSPS) is 10.7. The zero-order chi connectivity index (χ0) is 19.3. The highest BCUT2D eigenvalue weighted by molar-refractivity contribution is 6.36. The summed E-state index contributed by atoms with van der Waals surface area (Å²) < 4.78 is 15.2. The Hall–Kier alpha value is -2.64. The van der Waals surface area contributed by atoms with Crippen molar-refractivity contribution < 1.29 is 24.1 Å². The Bertz CT molecular complexity index is 830. The van der Waals surface area contributed by atoms with E-state index in [-0.39, 0.29) is 22.8 Å². The van der Waals surface area contributed by atoms with E-state index < -0.39 is 5.91 Å². The van der Waals surface area contributed by atoms with Crippen molar-refractivity contribution >= 4 is 35.3 Å². The van der Waals surface area contributed by atoms with E-state index >= 15 is 0 Å². The zero-order valence-corrected chi connectivity index (χ0v) is 15.7.